The molecule has 0 aromatic carbocycles. The van der Waals surface area contributed by atoms with Crippen LogP contribution in [0, 0.1) is 0 Å². The van der Waals surface area contributed by atoms with Crippen LogP contribution in [0.15, 0.2) is 0 Å². The average Bonchev–Trinajstić information content (AvgIpc) is 2.58. The maximum Gasteiger partial charge on any atom is 0.239 e. The molecule has 1 aliphatic heterocycles. The van der Waals surface area contributed by atoms with Crippen molar-refractivity contribution < 1.29 is 15.0 Å². The smallest absolute Gasteiger partial charge is 0.239 e. The number of aliphatic hydroxyl groups excluding tert-OH is 2. The Bertz CT molecular complexity index is 227. The summed E-state index contributed by atoms with van der Waals surface area (Å²) in [5, 5.41) is 18.6. The number of likely N-dealkylation sites (tertiary alicyclic amines) is 1. The van der Waals surface area contributed by atoms with Crippen LogP contribution in [-0.4, -0.2) is 58.9 Å². The van der Waals surface area contributed by atoms with Crippen LogP contribution in [0.3, 0.4) is 0 Å². The first-order valence-electron chi connectivity index (χ1n) is 5.66. The van der Waals surface area contributed by atoms with Gasteiger partial charge in [0.05, 0.1) is 18.2 Å². The van der Waals surface area contributed by atoms with Crippen LogP contribution in [0.5, 0.6) is 0 Å². The van der Waals surface area contributed by atoms with Gasteiger partial charge in [-0.1, -0.05) is 6.42 Å². The highest BCUT2D eigenvalue weighted by molar-refractivity contribution is 5.82. The Morgan fingerprint density at radius 3 is 2.38 bits per heavy atom. The van der Waals surface area contributed by atoms with Crippen molar-refractivity contribution in [3.8, 4) is 0 Å². The lowest BCUT2D eigenvalue weighted by atomic mass is 10.1. The highest BCUT2D eigenvalue weighted by Gasteiger charge is 2.34. The van der Waals surface area contributed by atoms with Crippen molar-refractivity contribution in [2.24, 2.45) is 11.5 Å². The average molecular weight is 231 g/mol. The molecule has 0 radical (unpaired) electrons. The molecule has 1 fully saturated rings. The Balaban J connectivity index is 2.33. The third-order valence-electron chi connectivity index (χ3n) is 2.86. The lowest BCUT2D eigenvalue weighted by Crippen LogP contribution is -2.43. The molecule has 1 heterocycles. The topological polar surface area (TPSA) is 113 Å². The Kier molecular flexibility index (Phi) is 5.14. The first kappa shape index (κ1) is 13.4. The van der Waals surface area contributed by atoms with Crippen LogP contribution in [0.2, 0.25) is 0 Å². The summed E-state index contributed by atoms with van der Waals surface area (Å²) < 4.78 is 0. The molecule has 1 saturated heterocycles. The van der Waals surface area contributed by atoms with Gasteiger partial charge in [-0.2, -0.15) is 0 Å². The molecule has 6 N–H and O–H groups in total. The highest BCUT2D eigenvalue weighted by Crippen LogP contribution is 2.12. The zero-order valence-electron chi connectivity index (χ0n) is 9.38. The number of aliphatic hydroxyl groups is 2. The summed E-state index contributed by atoms with van der Waals surface area (Å²) in [6.45, 7) is 0.942. The van der Waals surface area contributed by atoms with Gasteiger partial charge in [0.1, 0.15) is 0 Å². The van der Waals surface area contributed by atoms with Crippen LogP contribution >= 0.6 is 0 Å². The van der Waals surface area contributed by atoms with Crippen LogP contribution in [0.1, 0.15) is 19.3 Å². The minimum atomic E-state index is -0.847. The molecule has 0 saturated carbocycles. The number of rotatable bonds is 5. The molecular formula is C10H21N3O3. The number of nitrogens with zero attached hydrogens (tertiary/aromatic N) is 1. The zero-order valence-corrected chi connectivity index (χ0v) is 9.38. The Morgan fingerprint density at radius 2 is 1.88 bits per heavy atom. The van der Waals surface area contributed by atoms with Gasteiger partial charge in [-0.25, -0.2) is 0 Å². The van der Waals surface area contributed by atoms with Gasteiger partial charge in [0.2, 0.25) is 5.91 Å². The maximum absolute atomic E-state index is 11.8. The maximum atomic E-state index is 11.8. The second-order valence-electron chi connectivity index (χ2n) is 4.27. The normalized spacial score (nSPS) is 27.1. The fourth-order valence-electron chi connectivity index (χ4n) is 1.82. The molecule has 1 rings (SSSR count). The summed E-state index contributed by atoms with van der Waals surface area (Å²) in [5.41, 5.74) is 11.1. The van der Waals surface area contributed by atoms with Crippen LogP contribution in [0.25, 0.3) is 0 Å². The Labute approximate surface area is 95.2 Å². The van der Waals surface area contributed by atoms with E-state index in [1.54, 1.807) is 0 Å². The summed E-state index contributed by atoms with van der Waals surface area (Å²) in [7, 11) is 0. The number of β-amino-alcohol motifs (C(OH)–C–C–N with tert-alkyl or cyclic N) is 2. The predicted molar refractivity (Wildman–Crippen MR) is 59.5 cm³/mol. The van der Waals surface area contributed by atoms with E-state index in [4.69, 9.17) is 11.5 Å². The summed E-state index contributed by atoms with van der Waals surface area (Å²) >= 11 is 0. The number of nitrogens with two attached hydrogens (primary N) is 2. The third kappa shape index (κ3) is 3.41. The Morgan fingerprint density at radius 1 is 1.31 bits per heavy atom. The van der Waals surface area contributed by atoms with E-state index < -0.39 is 18.2 Å². The van der Waals surface area contributed by atoms with Gasteiger partial charge in [-0.15, -0.1) is 0 Å². The van der Waals surface area contributed by atoms with E-state index in [0.717, 1.165) is 12.8 Å². The van der Waals surface area contributed by atoms with Gasteiger partial charge < -0.3 is 26.6 Å². The molecular weight excluding hydrogens is 210 g/mol. The van der Waals surface area contributed by atoms with E-state index in [1.165, 1.54) is 4.90 Å². The number of carbonyl (C=O) groups excluding carboxylic acids is 1. The van der Waals surface area contributed by atoms with Crippen molar-refractivity contribution in [2.45, 2.75) is 37.5 Å². The van der Waals surface area contributed by atoms with Crippen LogP contribution in [-0.2, 0) is 4.79 Å². The van der Waals surface area contributed by atoms with E-state index >= 15 is 0 Å². The number of hydrogen-bond acceptors (Lipinski definition) is 5. The van der Waals surface area contributed by atoms with Crippen molar-refractivity contribution >= 4 is 5.91 Å². The fraction of sp³-hybridized carbons (Fsp3) is 0.900. The van der Waals surface area contributed by atoms with E-state index in [0.29, 0.717) is 13.0 Å². The molecule has 0 aromatic heterocycles. The van der Waals surface area contributed by atoms with E-state index in [2.05, 4.69) is 0 Å². The molecule has 0 aliphatic carbocycles. The van der Waals surface area contributed by atoms with Gasteiger partial charge in [0, 0.05) is 13.1 Å². The molecule has 2 unspecified atom stereocenters. The molecule has 6 nitrogen and oxygen atoms in total. The van der Waals surface area contributed by atoms with Crippen molar-refractivity contribution in [1.29, 1.82) is 0 Å². The molecule has 1 aliphatic rings. The molecule has 94 valence electrons. The van der Waals surface area contributed by atoms with Gasteiger partial charge in [0.15, 0.2) is 0 Å². The summed E-state index contributed by atoms with van der Waals surface area (Å²) in [6.07, 6.45) is 0.577. The monoisotopic (exact) mass is 231 g/mol. The van der Waals surface area contributed by atoms with E-state index in [1.807, 2.05) is 0 Å². The zero-order chi connectivity index (χ0) is 12.1. The molecule has 6 heteroatoms. The summed E-state index contributed by atoms with van der Waals surface area (Å²) in [6, 6.07) is -0.552. The highest BCUT2D eigenvalue weighted by atomic mass is 16.3. The molecule has 0 bridgehead atoms. The minimum Gasteiger partial charge on any atom is -0.388 e. The second-order valence-corrected chi connectivity index (χ2v) is 4.27. The first-order valence-corrected chi connectivity index (χ1v) is 5.66. The largest absolute Gasteiger partial charge is 0.388 e. The SMILES string of the molecule is NCCCC[C@H](N)C(=O)N1CC(O)C(O)C1. The van der Waals surface area contributed by atoms with Crippen LogP contribution < -0.4 is 11.5 Å². The van der Waals surface area contributed by atoms with Crippen molar-refractivity contribution in [2.75, 3.05) is 19.6 Å². The summed E-state index contributed by atoms with van der Waals surface area (Å²) in [4.78, 5) is 13.2. The number of unbranched alkanes of at least 4 members (excludes halogenated alkanes) is 1. The quantitative estimate of drug-likeness (QED) is 0.409. The standard InChI is InChI=1S/C10H21N3O3/c11-4-2-1-3-7(12)10(16)13-5-8(14)9(15)6-13/h7-9,14-15H,1-6,11-12H2/t7-,8?,9?/m0/s1. The van der Waals surface area contributed by atoms with Gasteiger partial charge in [-0.3, -0.25) is 4.79 Å². The van der Waals surface area contributed by atoms with Crippen molar-refractivity contribution in [3.05, 3.63) is 0 Å². The lowest BCUT2D eigenvalue weighted by molar-refractivity contribution is -0.132. The molecule has 1 amide bonds. The number of hydrogen-bond donors (Lipinski definition) is 4. The van der Waals surface area contributed by atoms with Crippen LogP contribution in [0.4, 0.5) is 0 Å². The number of amides is 1. The van der Waals surface area contributed by atoms with E-state index in [9.17, 15) is 15.0 Å². The van der Waals surface area contributed by atoms with Gasteiger partial charge >= 0.3 is 0 Å². The van der Waals surface area contributed by atoms with E-state index in [-0.39, 0.29) is 19.0 Å². The van der Waals surface area contributed by atoms with Gasteiger partial charge in [-0.05, 0) is 19.4 Å². The lowest BCUT2D eigenvalue weighted by Gasteiger charge is -2.20. The number of carbonyl (C=O) groups is 1. The minimum absolute atomic E-state index is 0.171. The fourth-order valence-corrected chi connectivity index (χ4v) is 1.82. The first-order chi connectivity index (χ1) is 7.56. The Hall–Kier alpha value is -0.690. The molecule has 3 atom stereocenters. The predicted octanol–water partition coefficient (Wildman–Crippen LogP) is -1.99. The van der Waals surface area contributed by atoms with Crippen molar-refractivity contribution in [3.63, 3.8) is 0 Å². The second kappa shape index (κ2) is 6.15. The third-order valence-corrected chi connectivity index (χ3v) is 2.86. The molecule has 16 heavy (non-hydrogen) atoms. The van der Waals surface area contributed by atoms with Gasteiger partial charge in [0.25, 0.3) is 0 Å². The molecule has 0 spiro atoms. The van der Waals surface area contributed by atoms with Crippen molar-refractivity contribution in [1.82, 2.24) is 4.90 Å². The molecule has 0 aromatic rings. The summed E-state index contributed by atoms with van der Waals surface area (Å²) in [5.74, 6) is -0.201.